The second-order valence-electron chi connectivity index (χ2n) is 21.0. The van der Waals surface area contributed by atoms with E-state index in [1.807, 2.05) is 22.7 Å². The normalized spacial score (nSPS) is 14.2. The molecule has 13 rings (SSSR count). The van der Waals surface area contributed by atoms with Crippen molar-refractivity contribution in [1.29, 1.82) is 0 Å². The van der Waals surface area contributed by atoms with Crippen LogP contribution in [0.4, 0.5) is 11.4 Å². The molecule has 4 heterocycles. The van der Waals surface area contributed by atoms with E-state index in [0.29, 0.717) is 0 Å². The summed E-state index contributed by atoms with van der Waals surface area (Å²) in [6.45, 7) is 18.9. The van der Waals surface area contributed by atoms with E-state index in [-0.39, 0.29) is 16.2 Å². The minimum Gasteiger partial charge on any atom is -0.355 e. The van der Waals surface area contributed by atoms with Crippen molar-refractivity contribution in [2.75, 3.05) is 5.32 Å². The lowest BCUT2D eigenvalue weighted by Crippen LogP contribution is -2.38. The smallest absolute Gasteiger partial charge is 0.198 e. The van der Waals surface area contributed by atoms with Gasteiger partial charge >= 0.3 is 0 Å². The number of hydrogen-bond donors (Lipinski definition) is 1. The van der Waals surface area contributed by atoms with Crippen LogP contribution in [-0.4, -0.2) is 11.8 Å². The van der Waals surface area contributed by atoms with Crippen molar-refractivity contribution in [3.8, 4) is 27.9 Å². The van der Waals surface area contributed by atoms with Crippen LogP contribution in [0.25, 0.3) is 90.1 Å². The first kappa shape index (κ1) is 38.3. The van der Waals surface area contributed by atoms with Crippen molar-refractivity contribution in [1.82, 2.24) is 4.57 Å². The summed E-state index contributed by atoms with van der Waals surface area (Å²) < 4.78 is 7.99. The average molecular weight is 861 g/mol. The Morgan fingerprint density at radius 1 is 0.547 bits per heavy atom. The van der Waals surface area contributed by atoms with E-state index in [2.05, 4.69) is 205 Å². The third-order valence-electron chi connectivity index (χ3n) is 14.7. The van der Waals surface area contributed by atoms with Gasteiger partial charge in [0.05, 0.1) is 5.52 Å². The number of nitrogens with zero attached hydrogens (tertiary/aromatic N) is 1. The molecule has 3 aromatic heterocycles. The summed E-state index contributed by atoms with van der Waals surface area (Å²) in [5, 5.41) is 12.1. The molecule has 0 unspecified atom stereocenters. The minimum atomic E-state index is -0.251. The topological polar surface area (TPSA) is 17.0 Å². The lowest BCUT2D eigenvalue weighted by atomic mass is 9.57. The van der Waals surface area contributed by atoms with E-state index >= 15 is 0 Å². The number of thiophene rings is 2. The highest BCUT2D eigenvalue weighted by Crippen LogP contribution is 2.58. The molecule has 1 N–H and O–H groups in total. The molecule has 0 amide bonds. The van der Waals surface area contributed by atoms with Gasteiger partial charge in [-0.05, 0) is 116 Å². The van der Waals surface area contributed by atoms with Crippen LogP contribution in [0.3, 0.4) is 0 Å². The van der Waals surface area contributed by atoms with Crippen molar-refractivity contribution in [3.63, 3.8) is 0 Å². The molecule has 11 aromatic rings. The molecular weight excluding hydrogens is 812 g/mol. The van der Waals surface area contributed by atoms with Crippen LogP contribution in [0.15, 0.2) is 140 Å². The van der Waals surface area contributed by atoms with Crippen LogP contribution in [0.1, 0.15) is 77.6 Å². The Bertz CT molecular complexity index is 3820. The van der Waals surface area contributed by atoms with Gasteiger partial charge in [-0.3, -0.25) is 0 Å². The third-order valence-corrected chi connectivity index (χ3v) is 16.9. The largest absolute Gasteiger partial charge is 0.355 e. The first-order valence-electron chi connectivity index (χ1n) is 22.8. The second kappa shape index (κ2) is 13.0. The van der Waals surface area contributed by atoms with Crippen molar-refractivity contribution in [2.24, 2.45) is 0 Å². The van der Waals surface area contributed by atoms with Crippen LogP contribution in [0.2, 0.25) is 0 Å². The molecule has 310 valence electrons. The Hall–Kier alpha value is -6.14. The van der Waals surface area contributed by atoms with Crippen molar-refractivity contribution >= 4 is 114 Å². The maximum absolute atomic E-state index is 4.06. The molecule has 1 aliphatic heterocycles. The summed E-state index contributed by atoms with van der Waals surface area (Å²) in [6.07, 6.45) is 0. The van der Waals surface area contributed by atoms with E-state index in [1.54, 1.807) is 0 Å². The number of hydrogen-bond acceptors (Lipinski definition) is 3. The van der Waals surface area contributed by atoms with E-state index in [1.165, 1.54) is 123 Å². The maximum atomic E-state index is 4.06. The monoisotopic (exact) mass is 860 g/mol. The molecule has 0 atom stereocenters. The SMILES string of the molecule is CC(C)(C)c1ccc(Nc2cc3sc4ccccc4c3cc2-c2c3c(c4c5cc(C(C)(C)C)ccc5n5c4c2Bc2cc4sc6ccccc6c4cc2-5)C(C)(C)c2ccccc2-3)cc1. The van der Waals surface area contributed by atoms with Gasteiger partial charge in [0.25, 0.3) is 0 Å². The molecule has 0 radical (unpaired) electrons. The fourth-order valence-corrected chi connectivity index (χ4v) is 13.7. The molecule has 2 aliphatic rings. The van der Waals surface area contributed by atoms with Crippen molar-refractivity contribution < 1.29 is 0 Å². The Labute approximate surface area is 383 Å². The van der Waals surface area contributed by atoms with Gasteiger partial charge in [0, 0.05) is 84.7 Å². The van der Waals surface area contributed by atoms with Gasteiger partial charge in [0.1, 0.15) is 0 Å². The van der Waals surface area contributed by atoms with Crippen LogP contribution >= 0.6 is 22.7 Å². The Morgan fingerprint density at radius 3 is 1.88 bits per heavy atom. The van der Waals surface area contributed by atoms with Gasteiger partial charge in [-0.2, -0.15) is 0 Å². The highest BCUT2D eigenvalue weighted by molar-refractivity contribution is 7.26. The molecule has 5 heteroatoms. The predicted molar refractivity (Wildman–Crippen MR) is 283 cm³/mol. The first-order valence-corrected chi connectivity index (χ1v) is 24.4. The molecule has 0 bridgehead atoms. The van der Waals surface area contributed by atoms with Gasteiger partial charge < -0.3 is 9.88 Å². The predicted octanol–water partition coefficient (Wildman–Crippen LogP) is 15.5. The van der Waals surface area contributed by atoms with E-state index in [0.717, 1.165) is 18.7 Å². The summed E-state index contributed by atoms with van der Waals surface area (Å²) >= 11 is 3.81. The minimum absolute atomic E-state index is 0.00272. The summed E-state index contributed by atoms with van der Waals surface area (Å²) in [6, 6.07) is 53.7. The average Bonchev–Trinajstić information content (AvgIpc) is 3.99. The second-order valence-corrected chi connectivity index (χ2v) is 23.2. The number of aromatic nitrogens is 1. The lowest BCUT2D eigenvalue weighted by molar-refractivity contribution is 0.590. The molecule has 0 saturated heterocycles. The van der Waals surface area contributed by atoms with Gasteiger partial charge in [0.15, 0.2) is 7.28 Å². The molecule has 8 aromatic carbocycles. The van der Waals surface area contributed by atoms with Crippen LogP contribution in [0, 0.1) is 0 Å². The molecule has 0 spiro atoms. The summed E-state index contributed by atoms with van der Waals surface area (Å²) in [5.41, 5.74) is 19.7. The van der Waals surface area contributed by atoms with E-state index in [4.69, 9.17) is 0 Å². The van der Waals surface area contributed by atoms with Gasteiger partial charge in [0.2, 0.25) is 0 Å². The molecule has 0 saturated carbocycles. The number of nitrogens with one attached hydrogen (secondary N) is 1. The van der Waals surface area contributed by atoms with Crippen LogP contribution < -0.4 is 16.2 Å². The number of fused-ring (bicyclic) bond motifs is 15. The Balaban J connectivity index is 1.21. The zero-order valence-electron chi connectivity index (χ0n) is 37.7. The Morgan fingerprint density at radius 2 is 1.17 bits per heavy atom. The molecule has 1 aliphatic carbocycles. The lowest BCUT2D eigenvalue weighted by Gasteiger charge is -2.29. The summed E-state index contributed by atoms with van der Waals surface area (Å²) in [5.74, 6) is 0. The van der Waals surface area contributed by atoms with Crippen LogP contribution in [-0.2, 0) is 16.2 Å². The van der Waals surface area contributed by atoms with Crippen LogP contribution in [0.5, 0.6) is 0 Å². The number of anilines is 2. The maximum Gasteiger partial charge on any atom is 0.198 e. The molecular formula is C59H49BN2S2. The van der Waals surface area contributed by atoms with Gasteiger partial charge in [-0.25, -0.2) is 0 Å². The fraction of sp³-hybridized carbons (Fsp3) is 0.186. The zero-order chi connectivity index (χ0) is 43.6. The molecule has 64 heavy (non-hydrogen) atoms. The molecule has 2 nitrogen and oxygen atoms in total. The zero-order valence-corrected chi connectivity index (χ0v) is 39.4. The highest BCUT2D eigenvalue weighted by Gasteiger charge is 2.43. The quantitative estimate of drug-likeness (QED) is 0.175. The van der Waals surface area contributed by atoms with E-state index < -0.39 is 0 Å². The number of benzene rings is 8. The Kier molecular flexibility index (Phi) is 7.78. The van der Waals surface area contributed by atoms with Gasteiger partial charge in [-0.15, -0.1) is 22.7 Å². The third kappa shape index (κ3) is 5.32. The summed E-state index contributed by atoms with van der Waals surface area (Å²) in [7, 11) is 0.839. The molecule has 0 fully saturated rings. The fourth-order valence-electron chi connectivity index (χ4n) is 11.4. The van der Waals surface area contributed by atoms with E-state index in [9.17, 15) is 0 Å². The van der Waals surface area contributed by atoms with Crippen molar-refractivity contribution in [3.05, 3.63) is 162 Å². The summed E-state index contributed by atoms with van der Waals surface area (Å²) in [4.78, 5) is 0. The standard InChI is InChI=1S/C59H49BN2S2/c1-57(2,3)32-21-24-34(25-22-32)61-44-31-50-38(35-15-10-13-19-47(35)64-50)28-40(44)52-51-37-17-9-12-18-42(37)59(7,8)54(51)53-41-27-33(58(4,5)6)23-26-45(41)62-46-29-39-36-16-11-14-20-48(36)63-49(39)30-43(46)60-55(52)56(53)62/h9-31,60-61H,1-8H3. The highest BCUT2D eigenvalue weighted by atomic mass is 32.1. The van der Waals surface area contributed by atoms with Gasteiger partial charge in [-0.1, -0.05) is 140 Å². The van der Waals surface area contributed by atoms with Crippen molar-refractivity contribution in [2.45, 2.75) is 71.6 Å². The first-order chi connectivity index (χ1) is 30.7. The number of rotatable bonds is 3.